The minimum Gasteiger partial charge on any atom is -0.508 e. The van der Waals surface area contributed by atoms with Crippen LogP contribution in [0, 0.1) is 24.2 Å². The van der Waals surface area contributed by atoms with Gasteiger partial charge in [0.15, 0.2) is 0 Å². The Balaban J connectivity index is 1.68. The molecule has 1 aliphatic rings. The van der Waals surface area contributed by atoms with Crippen molar-refractivity contribution in [3.8, 4) is 11.8 Å². The van der Waals surface area contributed by atoms with Gasteiger partial charge in [-0.2, -0.15) is 10.2 Å². The first-order chi connectivity index (χ1) is 14.0. The number of rotatable bonds is 4. The summed E-state index contributed by atoms with van der Waals surface area (Å²) in [6.07, 6.45) is 2.29. The summed E-state index contributed by atoms with van der Waals surface area (Å²) in [6.45, 7) is 6.65. The van der Waals surface area contributed by atoms with Gasteiger partial charge in [0.05, 0.1) is 17.1 Å². The molecule has 0 aliphatic carbocycles. The number of piperidine rings is 1. The van der Waals surface area contributed by atoms with Crippen molar-refractivity contribution in [3.63, 3.8) is 0 Å². The monoisotopic (exact) mass is 387 g/mol. The van der Waals surface area contributed by atoms with E-state index in [2.05, 4.69) is 23.2 Å². The number of aromatic hydroxyl groups is 1. The Morgan fingerprint density at radius 1 is 1.17 bits per heavy atom. The summed E-state index contributed by atoms with van der Waals surface area (Å²) in [4.78, 5) is 11.8. The molecule has 0 atom stereocenters. The molecule has 3 aromatic rings. The average molecular weight is 387 g/mol. The summed E-state index contributed by atoms with van der Waals surface area (Å²) in [7, 11) is 0. The largest absolute Gasteiger partial charge is 0.508 e. The Bertz CT molecular complexity index is 1080. The number of aromatic nitrogens is 2. The van der Waals surface area contributed by atoms with Gasteiger partial charge in [-0.05, 0) is 61.1 Å². The lowest BCUT2D eigenvalue weighted by Crippen LogP contribution is -2.34. The van der Waals surface area contributed by atoms with E-state index in [0.29, 0.717) is 17.9 Å². The molecule has 1 fully saturated rings. The van der Waals surface area contributed by atoms with Crippen LogP contribution in [0.1, 0.15) is 36.5 Å². The number of aryl methyl sites for hydroxylation is 1. The number of anilines is 2. The van der Waals surface area contributed by atoms with Gasteiger partial charge >= 0.3 is 0 Å². The molecule has 0 spiro atoms. The molecule has 1 saturated heterocycles. The fourth-order valence-electron chi connectivity index (χ4n) is 3.68. The standard InChI is InChI=1S/C23H25N5O/c1-15-7-9-28(10-8-15)23-26-20-5-3-17(13-24)12-19(20)22(27-23)25-14-18-4-6-21(29)16(2)11-18/h3-6,11-12,15,29H,7-10,14H2,1-2H3,(H,25,26,27). The summed E-state index contributed by atoms with van der Waals surface area (Å²) >= 11 is 0. The van der Waals surface area contributed by atoms with E-state index in [-0.39, 0.29) is 0 Å². The number of nitriles is 1. The summed E-state index contributed by atoms with van der Waals surface area (Å²) in [6, 6.07) is 13.3. The molecule has 0 radical (unpaired) electrons. The van der Waals surface area contributed by atoms with Gasteiger partial charge in [0, 0.05) is 25.0 Å². The van der Waals surface area contributed by atoms with Crippen molar-refractivity contribution in [2.75, 3.05) is 23.3 Å². The predicted octanol–water partition coefficient (Wildman–Crippen LogP) is 4.36. The average Bonchev–Trinajstić information content (AvgIpc) is 2.74. The zero-order chi connectivity index (χ0) is 20.4. The third-order valence-corrected chi connectivity index (χ3v) is 5.60. The van der Waals surface area contributed by atoms with E-state index in [1.54, 1.807) is 12.1 Å². The SMILES string of the molecule is Cc1cc(CNc2nc(N3CCC(C)CC3)nc3ccc(C#N)cc23)ccc1O. The normalized spacial score (nSPS) is 14.7. The van der Waals surface area contributed by atoms with E-state index in [9.17, 15) is 10.4 Å². The van der Waals surface area contributed by atoms with Crippen LogP contribution in [0.4, 0.5) is 11.8 Å². The highest BCUT2D eigenvalue weighted by atomic mass is 16.3. The summed E-state index contributed by atoms with van der Waals surface area (Å²) in [5.74, 6) is 2.49. The second-order valence-electron chi connectivity index (χ2n) is 7.86. The first-order valence-corrected chi connectivity index (χ1v) is 10.0. The Hall–Kier alpha value is -3.33. The van der Waals surface area contributed by atoms with Crippen molar-refractivity contribution in [1.82, 2.24) is 9.97 Å². The maximum absolute atomic E-state index is 9.75. The molecule has 2 N–H and O–H groups in total. The topological polar surface area (TPSA) is 85.1 Å². The lowest BCUT2D eigenvalue weighted by molar-refractivity contribution is 0.435. The molecule has 1 aliphatic heterocycles. The van der Waals surface area contributed by atoms with E-state index in [1.807, 2.05) is 31.2 Å². The van der Waals surface area contributed by atoms with Gasteiger partial charge < -0.3 is 15.3 Å². The van der Waals surface area contributed by atoms with Gasteiger partial charge in [-0.15, -0.1) is 0 Å². The molecule has 0 saturated carbocycles. The third kappa shape index (κ3) is 4.09. The fraction of sp³-hybridized carbons (Fsp3) is 0.348. The number of nitrogens with one attached hydrogen (secondary N) is 1. The number of hydrogen-bond acceptors (Lipinski definition) is 6. The molecule has 6 nitrogen and oxygen atoms in total. The van der Waals surface area contributed by atoms with Crippen LogP contribution in [-0.2, 0) is 6.54 Å². The molecule has 6 heteroatoms. The Morgan fingerprint density at radius 3 is 2.69 bits per heavy atom. The zero-order valence-electron chi connectivity index (χ0n) is 16.8. The quantitative estimate of drug-likeness (QED) is 0.692. The van der Waals surface area contributed by atoms with Crippen LogP contribution in [0.25, 0.3) is 10.9 Å². The van der Waals surface area contributed by atoms with E-state index < -0.39 is 0 Å². The molecule has 4 rings (SSSR count). The molecule has 148 valence electrons. The van der Waals surface area contributed by atoms with Gasteiger partial charge in [-0.25, -0.2) is 4.98 Å². The highest BCUT2D eigenvalue weighted by Gasteiger charge is 2.20. The number of phenolic OH excluding ortho intramolecular Hbond substituents is 1. The second kappa shape index (κ2) is 7.96. The molecular weight excluding hydrogens is 362 g/mol. The second-order valence-corrected chi connectivity index (χ2v) is 7.86. The summed E-state index contributed by atoms with van der Waals surface area (Å²) in [5, 5.41) is 23.3. The van der Waals surface area contributed by atoms with Crippen LogP contribution < -0.4 is 10.2 Å². The summed E-state index contributed by atoms with van der Waals surface area (Å²) in [5.41, 5.74) is 3.31. The van der Waals surface area contributed by atoms with Gasteiger partial charge in [0.25, 0.3) is 0 Å². The van der Waals surface area contributed by atoms with Crippen LogP contribution in [0.2, 0.25) is 0 Å². The van der Waals surface area contributed by atoms with Gasteiger partial charge in [-0.3, -0.25) is 0 Å². The van der Waals surface area contributed by atoms with Crippen LogP contribution in [-0.4, -0.2) is 28.2 Å². The molecule has 0 unspecified atom stereocenters. The number of nitrogens with zero attached hydrogens (tertiary/aromatic N) is 4. The van der Waals surface area contributed by atoms with Crippen molar-refractivity contribution < 1.29 is 5.11 Å². The Morgan fingerprint density at radius 2 is 1.97 bits per heavy atom. The summed E-state index contributed by atoms with van der Waals surface area (Å²) < 4.78 is 0. The molecule has 0 bridgehead atoms. The van der Waals surface area contributed by atoms with Gasteiger partial charge in [0.2, 0.25) is 5.95 Å². The Kier molecular flexibility index (Phi) is 5.22. The first kappa shape index (κ1) is 19.0. The van der Waals surface area contributed by atoms with Crippen LogP contribution in [0.15, 0.2) is 36.4 Å². The molecular formula is C23H25N5O. The van der Waals surface area contributed by atoms with Crippen molar-refractivity contribution in [3.05, 3.63) is 53.1 Å². The molecule has 1 aromatic heterocycles. The molecule has 2 aromatic carbocycles. The number of hydrogen-bond donors (Lipinski definition) is 2. The van der Waals surface area contributed by atoms with E-state index >= 15 is 0 Å². The predicted molar refractivity (Wildman–Crippen MR) is 115 cm³/mol. The minimum absolute atomic E-state index is 0.293. The highest BCUT2D eigenvalue weighted by Crippen LogP contribution is 2.28. The minimum atomic E-state index is 0.293. The van der Waals surface area contributed by atoms with Crippen molar-refractivity contribution >= 4 is 22.7 Å². The zero-order valence-corrected chi connectivity index (χ0v) is 16.8. The Labute approximate surface area is 170 Å². The maximum Gasteiger partial charge on any atom is 0.227 e. The van der Waals surface area contributed by atoms with Crippen LogP contribution >= 0.6 is 0 Å². The maximum atomic E-state index is 9.75. The fourth-order valence-corrected chi connectivity index (χ4v) is 3.68. The van der Waals surface area contributed by atoms with Crippen molar-refractivity contribution in [1.29, 1.82) is 5.26 Å². The van der Waals surface area contributed by atoms with Crippen LogP contribution in [0.5, 0.6) is 5.75 Å². The van der Waals surface area contributed by atoms with Crippen molar-refractivity contribution in [2.24, 2.45) is 5.92 Å². The van der Waals surface area contributed by atoms with Crippen molar-refractivity contribution in [2.45, 2.75) is 33.2 Å². The van der Waals surface area contributed by atoms with E-state index in [1.165, 1.54) is 0 Å². The number of phenols is 1. The lowest BCUT2D eigenvalue weighted by atomic mass is 10.00. The lowest BCUT2D eigenvalue weighted by Gasteiger charge is -2.30. The smallest absolute Gasteiger partial charge is 0.227 e. The van der Waals surface area contributed by atoms with Gasteiger partial charge in [-0.1, -0.05) is 19.1 Å². The molecule has 2 heterocycles. The highest BCUT2D eigenvalue weighted by molar-refractivity contribution is 5.91. The van der Waals surface area contributed by atoms with E-state index in [4.69, 9.17) is 9.97 Å². The first-order valence-electron chi connectivity index (χ1n) is 10.0. The third-order valence-electron chi connectivity index (χ3n) is 5.60. The van der Waals surface area contributed by atoms with Gasteiger partial charge in [0.1, 0.15) is 11.6 Å². The molecule has 29 heavy (non-hydrogen) atoms. The van der Waals surface area contributed by atoms with E-state index in [0.717, 1.165) is 65.6 Å². The number of benzene rings is 2. The number of fused-ring (bicyclic) bond motifs is 1. The molecule has 0 amide bonds. The van der Waals surface area contributed by atoms with Crippen LogP contribution in [0.3, 0.4) is 0 Å².